The molecular weight excluding hydrogens is 170 g/mol. The molecule has 0 bridgehead atoms. The lowest BCUT2D eigenvalue weighted by Crippen LogP contribution is -2.25. The normalized spacial score (nSPS) is 26.9. The van der Waals surface area contributed by atoms with Crippen LogP contribution in [0.1, 0.15) is 19.3 Å². The Morgan fingerprint density at radius 2 is 2.46 bits per heavy atom. The highest BCUT2D eigenvalue weighted by atomic mass is 16.5. The van der Waals surface area contributed by atoms with Crippen molar-refractivity contribution in [2.24, 2.45) is 11.8 Å². The Kier molecular flexibility index (Phi) is 3.02. The van der Waals surface area contributed by atoms with E-state index in [0.717, 1.165) is 0 Å². The Balaban J connectivity index is 2.72. The summed E-state index contributed by atoms with van der Waals surface area (Å²) in [7, 11) is 1.26. The lowest BCUT2D eigenvalue weighted by atomic mass is 9.93. The smallest absolute Gasteiger partial charge is 0.316 e. The molecule has 0 spiro atoms. The fourth-order valence-electron chi connectivity index (χ4n) is 1.70. The molecule has 70 valence electrons. The van der Waals surface area contributed by atoms with E-state index < -0.39 is 11.9 Å². The molecule has 1 saturated carbocycles. The summed E-state index contributed by atoms with van der Waals surface area (Å²) in [4.78, 5) is 22.4. The van der Waals surface area contributed by atoms with Crippen molar-refractivity contribution in [3.05, 3.63) is 0 Å². The van der Waals surface area contributed by atoms with Gasteiger partial charge in [0.2, 0.25) is 0 Å². The molecule has 2 atom stereocenters. The van der Waals surface area contributed by atoms with Crippen molar-refractivity contribution >= 4 is 11.8 Å². The van der Waals surface area contributed by atoms with Crippen LogP contribution in [-0.2, 0) is 14.3 Å². The number of Topliss-reactive ketones (excluding diaryl/α,β-unsaturated/α-hetero) is 1. The van der Waals surface area contributed by atoms with Gasteiger partial charge in [0.15, 0.2) is 0 Å². The van der Waals surface area contributed by atoms with Crippen molar-refractivity contribution in [2.45, 2.75) is 19.3 Å². The zero-order valence-corrected chi connectivity index (χ0v) is 7.45. The Labute approximate surface area is 76.5 Å². The summed E-state index contributed by atoms with van der Waals surface area (Å²) >= 11 is 0. The van der Waals surface area contributed by atoms with Crippen LogP contribution in [0.15, 0.2) is 0 Å². The summed E-state index contributed by atoms with van der Waals surface area (Å²) in [5.41, 5.74) is 0. The van der Waals surface area contributed by atoms with Crippen LogP contribution in [0.4, 0.5) is 0 Å². The van der Waals surface area contributed by atoms with Crippen molar-refractivity contribution < 1.29 is 14.3 Å². The molecule has 0 radical (unpaired) electrons. The minimum absolute atomic E-state index is 0.0906. The van der Waals surface area contributed by atoms with Gasteiger partial charge in [0, 0.05) is 12.8 Å². The minimum atomic E-state index is -0.690. The van der Waals surface area contributed by atoms with E-state index in [-0.39, 0.29) is 18.1 Å². The molecule has 1 aliphatic rings. The van der Waals surface area contributed by atoms with Gasteiger partial charge in [-0.25, -0.2) is 0 Å². The second-order valence-corrected chi connectivity index (χ2v) is 3.13. The lowest BCUT2D eigenvalue weighted by Gasteiger charge is -2.12. The van der Waals surface area contributed by atoms with E-state index in [0.29, 0.717) is 12.8 Å². The highest BCUT2D eigenvalue weighted by molar-refractivity contribution is 6.00. The summed E-state index contributed by atoms with van der Waals surface area (Å²) in [6.45, 7) is 0. The van der Waals surface area contributed by atoms with Crippen molar-refractivity contribution in [1.29, 1.82) is 5.26 Å². The molecule has 0 N–H and O–H groups in total. The zero-order valence-electron chi connectivity index (χ0n) is 7.45. The second kappa shape index (κ2) is 4.04. The van der Waals surface area contributed by atoms with Gasteiger partial charge in [-0.1, -0.05) is 0 Å². The van der Waals surface area contributed by atoms with E-state index in [4.69, 9.17) is 5.26 Å². The molecule has 4 nitrogen and oxygen atoms in total. The third-order valence-electron chi connectivity index (χ3n) is 2.39. The molecule has 2 unspecified atom stereocenters. The predicted molar refractivity (Wildman–Crippen MR) is 43.5 cm³/mol. The van der Waals surface area contributed by atoms with Crippen LogP contribution in [-0.4, -0.2) is 18.9 Å². The summed E-state index contributed by atoms with van der Waals surface area (Å²) in [6, 6.07) is 1.98. The van der Waals surface area contributed by atoms with E-state index >= 15 is 0 Å². The number of nitriles is 1. The Bertz CT molecular complexity index is 267. The van der Waals surface area contributed by atoms with E-state index in [9.17, 15) is 9.59 Å². The molecule has 0 aromatic carbocycles. The number of carbonyl (C=O) groups excluding carboxylic acids is 2. The first-order chi connectivity index (χ1) is 6.20. The molecule has 0 aromatic rings. The molecule has 4 heteroatoms. The first-order valence-electron chi connectivity index (χ1n) is 4.18. The van der Waals surface area contributed by atoms with Crippen molar-refractivity contribution in [3.8, 4) is 6.07 Å². The van der Waals surface area contributed by atoms with Crippen LogP contribution in [0, 0.1) is 23.2 Å². The highest BCUT2D eigenvalue weighted by Crippen LogP contribution is 2.31. The van der Waals surface area contributed by atoms with Crippen molar-refractivity contribution in [3.63, 3.8) is 0 Å². The van der Waals surface area contributed by atoms with E-state index in [1.165, 1.54) is 7.11 Å². The van der Waals surface area contributed by atoms with Gasteiger partial charge in [0.05, 0.1) is 13.2 Å². The molecule has 0 amide bonds. The zero-order chi connectivity index (χ0) is 9.84. The molecule has 13 heavy (non-hydrogen) atoms. The number of hydrogen-bond donors (Lipinski definition) is 0. The van der Waals surface area contributed by atoms with Crippen LogP contribution in [0.25, 0.3) is 0 Å². The number of hydrogen-bond acceptors (Lipinski definition) is 4. The number of carbonyl (C=O) groups is 2. The van der Waals surface area contributed by atoms with Gasteiger partial charge < -0.3 is 4.74 Å². The standard InChI is InChI=1S/C9H11NO3/c1-13-9(12)8-6(4-5-10)2-3-7(8)11/h6,8H,2-4H2,1H3. The van der Waals surface area contributed by atoms with E-state index in [1.807, 2.05) is 6.07 Å². The highest BCUT2D eigenvalue weighted by Gasteiger charge is 2.40. The van der Waals surface area contributed by atoms with Gasteiger partial charge in [0.25, 0.3) is 0 Å². The predicted octanol–water partition coefficient (Wildman–Crippen LogP) is 0.668. The molecule has 1 rings (SSSR count). The van der Waals surface area contributed by atoms with Gasteiger partial charge in [-0.2, -0.15) is 5.26 Å². The maximum atomic E-state index is 11.2. The van der Waals surface area contributed by atoms with Gasteiger partial charge in [-0.3, -0.25) is 9.59 Å². The summed E-state index contributed by atoms with van der Waals surface area (Å²) in [5.74, 6) is -1.41. The largest absolute Gasteiger partial charge is 0.468 e. The number of rotatable bonds is 2. The van der Waals surface area contributed by atoms with Crippen LogP contribution in [0.3, 0.4) is 0 Å². The minimum Gasteiger partial charge on any atom is -0.468 e. The van der Waals surface area contributed by atoms with Crippen LogP contribution >= 0.6 is 0 Å². The Hall–Kier alpha value is -1.37. The first-order valence-corrected chi connectivity index (χ1v) is 4.18. The maximum Gasteiger partial charge on any atom is 0.316 e. The van der Waals surface area contributed by atoms with Crippen molar-refractivity contribution in [1.82, 2.24) is 0 Å². The third kappa shape index (κ3) is 1.86. The average Bonchev–Trinajstić information content (AvgIpc) is 2.47. The number of ketones is 1. The number of esters is 1. The fourth-order valence-corrected chi connectivity index (χ4v) is 1.70. The number of nitrogens with zero attached hydrogens (tertiary/aromatic N) is 1. The molecular formula is C9H11NO3. The number of ether oxygens (including phenoxy) is 1. The van der Waals surface area contributed by atoms with E-state index in [2.05, 4.69) is 4.74 Å². The summed E-state index contributed by atoms with van der Waals surface area (Å²) in [5, 5.41) is 8.47. The second-order valence-electron chi connectivity index (χ2n) is 3.13. The lowest BCUT2D eigenvalue weighted by molar-refractivity contribution is -0.149. The SMILES string of the molecule is COC(=O)C1C(=O)CCC1CC#N. The van der Waals surface area contributed by atoms with Crippen LogP contribution < -0.4 is 0 Å². The molecule has 1 aliphatic carbocycles. The molecule has 0 heterocycles. The van der Waals surface area contributed by atoms with Gasteiger partial charge >= 0.3 is 5.97 Å². The molecule has 0 saturated heterocycles. The number of methoxy groups -OCH3 is 1. The van der Waals surface area contributed by atoms with E-state index in [1.54, 1.807) is 0 Å². The first kappa shape index (κ1) is 9.72. The Morgan fingerprint density at radius 1 is 1.77 bits per heavy atom. The van der Waals surface area contributed by atoms with Crippen LogP contribution in [0.2, 0.25) is 0 Å². The van der Waals surface area contributed by atoms with Gasteiger partial charge in [0.1, 0.15) is 11.7 Å². The third-order valence-corrected chi connectivity index (χ3v) is 2.39. The fraction of sp³-hybridized carbons (Fsp3) is 0.667. The van der Waals surface area contributed by atoms with Gasteiger partial charge in [-0.05, 0) is 12.3 Å². The molecule has 0 aromatic heterocycles. The summed E-state index contributed by atoms with van der Waals surface area (Å²) < 4.78 is 4.51. The molecule has 0 aliphatic heterocycles. The topological polar surface area (TPSA) is 67.2 Å². The Morgan fingerprint density at radius 3 is 3.00 bits per heavy atom. The van der Waals surface area contributed by atoms with Crippen LogP contribution in [0.5, 0.6) is 0 Å². The summed E-state index contributed by atoms with van der Waals surface area (Å²) in [6.07, 6.45) is 1.28. The monoisotopic (exact) mass is 181 g/mol. The maximum absolute atomic E-state index is 11.2. The molecule has 1 fully saturated rings. The van der Waals surface area contributed by atoms with Crippen molar-refractivity contribution in [2.75, 3.05) is 7.11 Å². The van der Waals surface area contributed by atoms with Gasteiger partial charge in [-0.15, -0.1) is 0 Å². The quantitative estimate of drug-likeness (QED) is 0.463. The average molecular weight is 181 g/mol.